The SMILES string of the molecule is Cc1ccc2c(c1)CC(CC1(C(=O)O)CCCN1)O2. The standard InChI is InChI=1S/C15H19NO3/c1-10-3-4-13-11(7-10)8-12(19-13)9-15(14(17)18)5-2-6-16-15/h3-4,7,12,16H,2,5-6,8-9H2,1H3,(H,17,18). The monoisotopic (exact) mass is 261 g/mol. The molecule has 2 atom stereocenters. The Morgan fingerprint density at radius 1 is 1.58 bits per heavy atom. The molecule has 0 aromatic heterocycles. The number of fused-ring (bicyclic) bond motifs is 1. The molecule has 4 nitrogen and oxygen atoms in total. The van der Waals surface area contributed by atoms with Crippen molar-refractivity contribution in [3.8, 4) is 5.75 Å². The molecule has 1 fully saturated rings. The highest BCUT2D eigenvalue weighted by atomic mass is 16.5. The molecule has 102 valence electrons. The second-order valence-corrected chi connectivity index (χ2v) is 5.68. The largest absolute Gasteiger partial charge is 0.490 e. The van der Waals surface area contributed by atoms with E-state index >= 15 is 0 Å². The van der Waals surface area contributed by atoms with Gasteiger partial charge in [-0.25, -0.2) is 0 Å². The van der Waals surface area contributed by atoms with Crippen molar-refractivity contribution >= 4 is 5.97 Å². The minimum absolute atomic E-state index is 0.0292. The first-order valence-corrected chi connectivity index (χ1v) is 6.84. The van der Waals surface area contributed by atoms with Gasteiger partial charge >= 0.3 is 5.97 Å². The Labute approximate surface area is 112 Å². The van der Waals surface area contributed by atoms with Crippen molar-refractivity contribution in [3.63, 3.8) is 0 Å². The molecule has 0 bridgehead atoms. The molecule has 0 spiro atoms. The van der Waals surface area contributed by atoms with Gasteiger partial charge in [0.1, 0.15) is 17.4 Å². The normalized spacial score (nSPS) is 29.0. The van der Waals surface area contributed by atoms with Crippen molar-refractivity contribution in [3.05, 3.63) is 29.3 Å². The van der Waals surface area contributed by atoms with Crippen molar-refractivity contribution in [2.75, 3.05) is 6.54 Å². The fraction of sp³-hybridized carbons (Fsp3) is 0.533. The second-order valence-electron chi connectivity index (χ2n) is 5.68. The molecule has 2 heterocycles. The maximum absolute atomic E-state index is 11.5. The summed E-state index contributed by atoms with van der Waals surface area (Å²) in [6.07, 6.45) is 2.94. The van der Waals surface area contributed by atoms with Gasteiger partial charge in [-0.3, -0.25) is 4.79 Å². The van der Waals surface area contributed by atoms with Crippen LogP contribution in [0.3, 0.4) is 0 Å². The molecule has 2 aliphatic rings. The Hall–Kier alpha value is -1.55. The number of hydrogen-bond acceptors (Lipinski definition) is 3. The summed E-state index contributed by atoms with van der Waals surface area (Å²) in [5, 5.41) is 12.6. The number of ether oxygens (including phenoxy) is 1. The van der Waals surface area contributed by atoms with Gasteiger partial charge in [-0.2, -0.15) is 0 Å². The van der Waals surface area contributed by atoms with E-state index in [4.69, 9.17) is 4.74 Å². The molecule has 2 N–H and O–H groups in total. The Morgan fingerprint density at radius 2 is 2.42 bits per heavy atom. The molecule has 4 heteroatoms. The Bertz CT molecular complexity index is 506. The van der Waals surface area contributed by atoms with Crippen LogP contribution in [0.25, 0.3) is 0 Å². The highest BCUT2D eigenvalue weighted by Gasteiger charge is 2.44. The Morgan fingerprint density at radius 3 is 3.11 bits per heavy atom. The predicted octanol–water partition coefficient (Wildman–Crippen LogP) is 1.90. The number of aliphatic carboxylic acids is 1. The molecule has 2 aliphatic heterocycles. The van der Waals surface area contributed by atoms with Gasteiger partial charge in [-0.05, 0) is 37.9 Å². The smallest absolute Gasteiger partial charge is 0.324 e. The first kappa shape index (κ1) is 12.5. The van der Waals surface area contributed by atoms with Crippen molar-refractivity contribution in [2.24, 2.45) is 0 Å². The second kappa shape index (κ2) is 4.53. The maximum atomic E-state index is 11.5. The lowest BCUT2D eigenvalue weighted by atomic mass is 9.89. The van der Waals surface area contributed by atoms with Gasteiger partial charge in [0.2, 0.25) is 0 Å². The van der Waals surface area contributed by atoms with Crippen molar-refractivity contribution < 1.29 is 14.6 Å². The summed E-state index contributed by atoms with van der Waals surface area (Å²) in [7, 11) is 0. The lowest BCUT2D eigenvalue weighted by Gasteiger charge is -2.27. The summed E-state index contributed by atoms with van der Waals surface area (Å²) in [6, 6.07) is 6.15. The number of benzene rings is 1. The molecule has 1 aromatic rings. The summed E-state index contributed by atoms with van der Waals surface area (Å²) in [5.74, 6) is 0.162. The van der Waals surface area contributed by atoms with E-state index in [-0.39, 0.29) is 6.10 Å². The van der Waals surface area contributed by atoms with Crippen LogP contribution in [0.5, 0.6) is 5.75 Å². The van der Waals surface area contributed by atoms with Gasteiger partial charge in [-0.1, -0.05) is 17.7 Å². The third-order valence-electron chi connectivity index (χ3n) is 4.19. The van der Waals surface area contributed by atoms with E-state index in [1.807, 2.05) is 12.1 Å². The number of nitrogens with one attached hydrogen (secondary N) is 1. The van der Waals surface area contributed by atoms with E-state index in [9.17, 15) is 9.90 Å². The molecule has 1 aromatic carbocycles. The summed E-state index contributed by atoms with van der Waals surface area (Å²) in [6.45, 7) is 2.84. The number of hydrogen-bond donors (Lipinski definition) is 2. The van der Waals surface area contributed by atoms with Crippen molar-refractivity contribution in [1.82, 2.24) is 5.32 Å². The highest BCUT2D eigenvalue weighted by molar-refractivity contribution is 5.79. The molecule has 0 amide bonds. The maximum Gasteiger partial charge on any atom is 0.324 e. The van der Waals surface area contributed by atoms with Crippen LogP contribution in [-0.4, -0.2) is 29.3 Å². The first-order chi connectivity index (χ1) is 9.09. The van der Waals surface area contributed by atoms with E-state index < -0.39 is 11.5 Å². The number of aryl methyl sites for hydroxylation is 1. The average Bonchev–Trinajstić information content (AvgIpc) is 2.96. The van der Waals surface area contributed by atoms with Gasteiger partial charge in [0.05, 0.1) is 0 Å². The van der Waals surface area contributed by atoms with Gasteiger partial charge in [0.25, 0.3) is 0 Å². The van der Waals surface area contributed by atoms with Crippen LogP contribution < -0.4 is 10.1 Å². The third-order valence-corrected chi connectivity index (χ3v) is 4.19. The van der Waals surface area contributed by atoms with E-state index in [2.05, 4.69) is 18.3 Å². The van der Waals surface area contributed by atoms with Crippen LogP contribution in [0.15, 0.2) is 18.2 Å². The molecular formula is C15H19NO3. The summed E-state index contributed by atoms with van der Waals surface area (Å²) < 4.78 is 5.90. The Kier molecular flexibility index (Phi) is 2.97. The van der Waals surface area contributed by atoms with E-state index in [1.165, 1.54) is 11.1 Å². The molecule has 0 aliphatic carbocycles. The number of carboxylic acids is 1. The molecule has 0 saturated carbocycles. The zero-order chi connectivity index (χ0) is 13.5. The highest BCUT2D eigenvalue weighted by Crippen LogP contribution is 2.35. The first-order valence-electron chi connectivity index (χ1n) is 6.84. The number of carbonyl (C=O) groups is 1. The molecule has 3 rings (SSSR count). The Balaban J connectivity index is 1.74. The lowest BCUT2D eigenvalue weighted by Crippen LogP contribution is -2.50. The molecular weight excluding hydrogens is 242 g/mol. The van der Waals surface area contributed by atoms with Gasteiger partial charge in [0.15, 0.2) is 0 Å². The zero-order valence-electron chi connectivity index (χ0n) is 11.1. The molecule has 19 heavy (non-hydrogen) atoms. The number of carboxylic acid groups (broad SMARTS) is 1. The minimum atomic E-state index is -0.790. The third kappa shape index (κ3) is 2.21. The minimum Gasteiger partial charge on any atom is -0.490 e. The van der Waals surface area contributed by atoms with Crippen LogP contribution >= 0.6 is 0 Å². The van der Waals surface area contributed by atoms with E-state index in [0.29, 0.717) is 12.8 Å². The lowest BCUT2D eigenvalue weighted by molar-refractivity contribution is -0.145. The quantitative estimate of drug-likeness (QED) is 0.872. The zero-order valence-corrected chi connectivity index (χ0v) is 11.1. The van der Waals surface area contributed by atoms with Gasteiger partial charge < -0.3 is 15.2 Å². The number of rotatable bonds is 3. The van der Waals surface area contributed by atoms with Crippen molar-refractivity contribution in [2.45, 2.75) is 44.2 Å². The summed E-state index contributed by atoms with van der Waals surface area (Å²) >= 11 is 0. The average molecular weight is 261 g/mol. The van der Waals surface area contributed by atoms with Crippen LogP contribution in [0.1, 0.15) is 30.4 Å². The summed E-state index contributed by atoms with van der Waals surface area (Å²) in [4.78, 5) is 11.5. The molecule has 0 radical (unpaired) electrons. The summed E-state index contributed by atoms with van der Waals surface area (Å²) in [5.41, 5.74) is 1.63. The van der Waals surface area contributed by atoms with E-state index in [1.54, 1.807) is 0 Å². The fourth-order valence-electron chi connectivity index (χ4n) is 3.20. The van der Waals surface area contributed by atoms with Crippen molar-refractivity contribution in [1.29, 1.82) is 0 Å². The van der Waals surface area contributed by atoms with Crippen LogP contribution in [0.4, 0.5) is 0 Å². The van der Waals surface area contributed by atoms with Gasteiger partial charge in [0, 0.05) is 12.8 Å². The van der Waals surface area contributed by atoms with Crippen LogP contribution in [-0.2, 0) is 11.2 Å². The molecule has 2 unspecified atom stereocenters. The topological polar surface area (TPSA) is 58.6 Å². The predicted molar refractivity (Wildman–Crippen MR) is 71.5 cm³/mol. The van der Waals surface area contributed by atoms with Gasteiger partial charge in [-0.15, -0.1) is 0 Å². The van der Waals surface area contributed by atoms with E-state index in [0.717, 1.165) is 25.1 Å². The van der Waals surface area contributed by atoms with Crippen LogP contribution in [0, 0.1) is 6.92 Å². The fourth-order valence-corrected chi connectivity index (χ4v) is 3.20. The molecule has 1 saturated heterocycles. The van der Waals surface area contributed by atoms with Crippen LogP contribution in [0.2, 0.25) is 0 Å².